The second-order valence-electron chi connectivity index (χ2n) is 9.84. The Hall–Kier alpha value is -3.15. The van der Waals surface area contributed by atoms with Crippen molar-refractivity contribution in [1.29, 1.82) is 0 Å². The van der Waals surface area contributed by atoms with Gasteiger partial charge in [0.05, 0.1) is 18.6 Å². The summed E-state index contributed by atoms with van der Waals surface area (Å²) in [7, 11) is 0. The van der Waals surface area contributed by atoms with E-state index in [-0.39, 0.29) is 29.7 Å². The fourth-order valence-corrected chi connectivity index (χ4v) is 5.16. The highest BCUT2D eigenvalue weighted by Gasteiger charge is 2.28. The number of benzene rings is 2. The van der Waals surface area contributed by atoms with Gasteiger partial charge < -0.3 is 14.8 Å². The van der Waals surface area contributed by atoms with Gasteiger partial charge in [0.15, 0.2) is 5.78 Å². The molecule has 192 valence electrons. The van der Waals surface area contributed by atoms with Crippen molar-refractivity contribution < 1.29 is 23.9 Å². The number of amides is 1. The predicted molar refractivity (Wildman–Crippen MR) is 138 cm³/mol. The third-order valence-electron chi connectivity index (χ3n) is 7.25. The molecule has 0 atom stereocenters. The molecule has 1 N–H and O–H groups in total. The van der Waals surface area contributed by atoms with Gasteiger partial charge in [-0.25, -0.2) is 0 Å². The van der Waals surface area contributed by atoms with E-state index in [4.69, 9.17) is 9.47 Å². The smallest absolute Gasteiger partial charge is 0.308 e. The van der Waals surface area contributed by atoms with Crippen LogP contribution in [0.3, 0.4) is 0 Å². The third kappa shape index (κ3) is 6.96. The summed E-state index contributed by atoms with van der Waals surface area (Å²) in [4.78, 5) is 37.0. The van der Waals surface area contributed by atoms with Crippen molar-refractivity contribution in [2.24, 2.45) is 5.92 Å². The molecule has 4 rings (SSSR count). The fourth-order valence-electron chi connectivity index (χ4n) is 5.16. The van der Waals surface area contributed by atoms with E-state index < -0.39 is 0 Å². The quantitative estimate of drug-likeness (QED) is 0.271. The lowest BCUT2D eigenvalue weighted by atomic mass is 9.87. The number of carbonyl (C=O) groups excluding carboxylic acids is 3. The maximum Gasteiger partial charge on any atom is 0.308 e. The van der Waals surface area contributed by atoms with Crippen LogP contribution in [0.15, 0.2) is 42.5 Å². The Balaban J connectivity index is 1.16. The molecule has 2 aliphatic carbocycles. The summed E-state index contributed by atoms with van der Waals surface area (Å²) in [5.41, 5.74) is 4.00. The van der Waals surface area contributed by atoms with Crippen LogP contribution in [-0.4, -0.2) is 36.9 Å². The van der Waals surface area contributed by atoms with Crippen LogP contribution in [0.5, 0.6) is 5.75 Å². The number of Topliss-reactive ketones (excluding diaryl/α,β-unsaturated/α-hetero) is 1. The van der Waals surface area contributed by atoms with E-state index in [0.717, 1.165) is 44.3 Å². The molecule has 0 saturated heterocycles. The molecule has 0 radical (unpaired) electrons. The van der Waals surface area contributed by atoms with E-state index in [1.807, 2.05) is 31.2 Å². The summed E-state index contributed by atoms with van der Waals surface area (Å²) >= 11 is 0. The van der Waals surface area contributed by atoms with Crippen LogP contribution < -0.4 is 10.1 Å². The molecular formula is C30H37NO5. The first kappa shape index (κ1) is 25.9. The van der Waals surface area contributed by atoms with Gasteiger partial charge in [-0.3, -0.25) is 14.4 Å². The lowest BCUT2D eigenvalue weighted by molar-refractivity contribution is -0.149. The Morgan fingerprint density at radius 2 is 1.58 bits per heavy atom. The topological polar surface area (TPSA) is 81.7 Å². The number of carbonyl (C=O) groups is 3. The van der Waals surface area contributed by atoms with Gasteiger partial charge in [0.1, 0.15) is 5.75 Å². The Kier molecular flexibility index (Phi) is 9.15. The monoisotopic (exact) mass is 491 g/mol. The molecule has 0 unspecified atom stereocenters. The number of hydrogen-bond donors (Lipinski definition) is 1. The molecule has 2 aromatic rings. The lowest BCUT2D eigenvalue weighted by Gasteiger charge is -2.27. The first-order valence-corrected chi connectivity index (χ1v) is 13.4. The van der Waals surface area contributed by atoms with Gasteiger partial charge in [0.2, 0.25) is 0 Å². The molecule has 0 aromatic heterocycles. The van der Waals surface area contributed by atoms with Crippen LogP contribution in [0.2, 0.25) is 0 Å². The predicted octanol–water partition coefficient (Wildman–Crippen LogP) is 5.46. The molecule has 0 aliphatic heterocycles. The molecule has 1 fully saturated rings. The molecule has 1 saturated carbocycles. The van der Waals surface area contributed by atoms with Crippen LogP contribution in [0.1, 0.15) is 90.1 Å². The Morgan fingerprint density at radius 1 is 0.889 bits per heavy atom. The summed E-state index contributed by atoms with van der Waals surface area (Å²) < 4.78 is 11.2. The Bertz CT molecular complexity index is 1050. The van der Waals surface area contributed by atoms with Gasteiger partial charge in [-0.15, -0.1) is 0 Å². The van der Waals surface area contributed by atoms with Gasteiger partial charge in [0, 0.05) is 24.1 Å². The highest BCUT2D eigenvalue weighted by Crippen LogP contribution is 2.29. The van der Waals surface area contributed by atoms with E-state index in [2.05, 4.69) is 11.4 Å². The Morgan fingerprint density at radius 3 is 2.31 bits per heavy atom. The molecule has 6 heteroatoms. The van der Waals surface area contributed by atoms with Crippen molar-refractivity contribution in [3.8, 4) is 5.75 Å². The van der Waals surface area contributed by atoms with Crippen LogP contribution in [-0.2, 0) is 22.4 Å². The number of fused-ring (bicyclic) bond motifs is 1. The van der Waals surface area contributed by atoms with Crippen molar-refractivity contribution in [2.45, 2.75) is 77.2 Å². The van der Waals surface area contributed by atoms with Crippen molar-refractivity contribution >= 4 is 17.7 Å². The average Bonchev–Trinajstić information content (AvgIpc) is 2.91. The minimum Gasteiger partial charge on any atom is -0.490 e. The van der Waals surface area contributed by atoms with Crippen LogP contribution in [0.25, 0.3) is 0 Å². The molecule has 0 bridgehead atoms. The standard InChI is InChI=1S/C30H37NO5/c1-2-35-30(34)23-13-17-27(18-14-23)36-26-15-11-22(12-16-26)28(32)8-5-19-31-29(33)25-10-9-21-6-3-4-7-24(21)20-25/h9-12,15-16,20,23,27H,2-8,13-14,17-19H2,1H3,(H,31,33). The van der Waals surface area contributed by atoms with Gasteiger partial charge in [-0.05, 0) is 112 Å². The summed E-state index contributed by atoms with van der Waals surface area (Å²) in [6.07, 6.45) is 8.81. The van der Waals surface area contributed by atoms with Crippen molar-refractivity contribution in [2.75, 3.05) is 13.2 Å². The van der Waals surface area contributed by atoms with E-state index >= 15 is 0 Å². The van der Waals surface area contributed by atoms with Crippen LogP contribution in [0.4, 0.5) is 0 Å². The Labute approximate surface area is 213 Å². The van der Waals surface area contributed by atoms with Crippen LogP contribution >= 0.6 is 0 Å². The third-order valence-corrected chi connectivity index (χ3v) is 7.25. The van der Waals surface area contributed by atoms with E-state index in [1.165, 1.54) is 24.0 Å². The normalized spacial score (nSPS) is 19.1. The maximum atomic E-state index is 12.6. The first-order valence-electron chi connectivity index (χ1n) is 13.4. The molecule has 36 heavy (non-hydrogen) atoms. The summed E-state index contributed by atoms with van der Waals surface area (Å²) in [6, 6.07) is 13.3. The number of hydrogen-bond acceptors (Lipinski definition) is 5. The van der Waals surface area contributed by atoms with Crippen molar-refractivity contribution in [3.05, 3.63) is 64.7 Å². The van der Waals surface area contributed by atoms with Gasteiger partial charge in [-0.1, -0.05) is 6.07 Å². The lowest BCUT2D eigenvalue weighted by Crippen LogP contribution is -2.29. The van der Waals surface area contributed by atoms with Crippen molar-refractivity contribution in [1.82, 2.24) is 5.32 Å². The second-order valence-corrected chi connectivity index (χ2v) is 9.84. The molecular weight excluding hydrogens is 454 g/mol. The summed E-state index contributed by atoms with van der Waals surface area (Å²) in [5.74, 6) is 0.598. The van der Waals surface area contributed by atoms with Gasteiger partial charge in [-0.2, -0.15) is 0 Å². The highest BCUT2D eigenvalue weighted by atomic mass is 16.5. The zero-order valence-corrected chi connectivity index (χ0v) is 21.2. The first-order chi connectivity index (χ1) is 17.5. The van der Waals surface area contributed by atoms with Crippen molar-refractivity contribution in [3.63, 3.8) is 0 Å². The number of nitrogens with one attached hydrogen (secondary N) is 1. The second kappa shape index (κ2) is 12.7. The number of aryl methyl sites for hydroxylation is 2. The fraction of sp³-hybridized carbons (Fsp3) is 0.500. The molecule has 1 amide bonds. The number of rotatable bonds is 10. The molecule has 2 aliphatic rings. The minimum atomic E-state index is -0.100. The highest BCUT2D eigenvalue weighted by molar-refractivity contribution is 5.96. The molecule has 0 heterocycles. The molecule has 0 spiro atoms. The molecule has 2 aromatic carbocycles. The van der Waals surface area contributed by atoms with Gasteiger partial charge >= 0.3 is 5.97 Å². The SMILES string of the molecule is CCOC(=O)C1CCC(Oc2ccc(C(=O)CCCNC(=O)c3ccc4c(c3)CCCC4)cc2)CC1. The van der Waals surface area contributed by atoms with E-state index in [0.29, 0.717) is 37.1 Å². The number of ketones is 1. The minimum absolute atomic E-state index is 0.0208. The largest absolute Gasteiger partial charge is 0.490 e. The zero-order valence-electron chi connectivity index (χ0n) is 21.2. The van der Waals surface area contributed by atoms with Crippen LogP contribution in [0, 0.1) is 5.92 Å². The number of esters is 1. The van der Waals surface area contributed by atoms with Gasteiger partial charge in [0.25, 0.3) is 5.91 Å². The van der Waals surface area contributed by atoms with E-state index in [9.17, 15) is 14.4 Å². The summed E-state index contributed by atoms with van der Waals surface area (Å²) in [5, 5.41) is 2.94. The van der Waals surface area contributed by atoms with E-state index in [1.54, 1.807) is 12.1 Å². The number of ether oxygens (including phenoxy) is 2. The average molecular weight is 492 g/mol. The molecule has 6 nitrogen and oxygen atoms in total. The zero-order chi connectivity index (χ0) is 25.3. The maximum absolute atomic E-state index is 12.6. The summed E-state index contributed by atoms with van der Waals surface area (Å²) in [6.45, 7) is 2.72.